The van der Waals surface area contributed by atoms with Gasteiger partial charge in [0.05, 0.1) is 5.02 Å². The highest BCUT2D eigenvalue weighted by molar-refractivity contribution is 6.31. The quantitative estimate of drug-likeness (QED) is 0.853. The van der Waals surface area contributed by atoms with Crippen LogP contribution in [0, 0.1) is 17.7 Å². The van der Waals surface area contributed by atoms with Crippen molar-refractivity contribution in [1.82, 2.24) is 10.2 Å². The van der Waals surface area contributed by atoms with E-state index in [2.05, 4.69) is 10.6 Å². The van der Waals surface area contributed by atoms with Crippen LogP contribution in [0.1, 0.15) is 19.8 Å². The molecular weight excluding hydrogens is 333 g/mol. The van der Waals surface area contributed by atoms with Gasteiger partial charge in [-0.3, -0.25) is 9.59 Å². The second-order valence-corrected chi connectivity index (χ2v) is 6.58. The van der Waals surface area contributed by atoms with E-state index < -0.39 is 5.82 Å². The summed E-state index contributed by atoms with van der Waals surface area (Å²) in [5.74, 6) is -0.738. The molecule has 0 bridgehead atoms. The Labute approximate surface area is 146 Å². The molecule has 1 fully saturated rings. The number of piperidine rings is 1. The number of hydrogen-bond donors (Lipinski definition) is 2. The predicted octanol–water partition coefficient (Wildman–Crippen LogP) is 2.51. The molecule has 5 nitrogen and oxygen atoms in total. The second-order valence-electron chi connectivity index (χ2n) is 6.18. The summed E-state index contributed by atoms with van der Waals surface area (Å²) in [7, 11) is 1.82. The van der Waals surface area contributed by atoms with Crippen molar-refractivity contribution >= 4 is 29.1 Å². The van der Waals surface area contributed by atoms with Crippen LogP contribution in [0.4, 0.5) is 10.1 Å². The van der Waals surface area contributed by atoms with E-state index in [0.29, 0.717) is 38.2 Å². The highest BCUT2D eigenvalue weighted by atomic mass is 35.5. The molecule has 1 aliphatic heterocycles. The van der Waals surface area contributed by atoms with Gasteiger partial charge in [-0.1, -0.05) is 18.5 Å². The average Bonchev–Trinajstić information content (AvgIpc) is 2.58. The summed E-state index contributed by atoms with van der Waals surface area (Å²) in [6, 6.07) is 4.10. The van der Waals surface area contributed by atoms with Crippen LogP contribution in [0.2, 0.25) is 5.02 Å². The number of nitrogens with one attached hydrogen (secondary N) is 2. The van der Waals surface area contributed by atoms with E-state index in [0.717, 1.165) is 0 Å². The van der Waals surface area contributed by atoms with E-state index in [9.17, 15) is 14.0 Å². The third-order valence-corrected chi connectivity index (χ3v) is 4.59. The molecule has 0 radical (unpaired) electrons. The van der Waals surface area contributed by atoms with Crippen molar-refractivity contribution in [3.8, 4) is 0 Å². The number of halogens is 2. The zero-order valence-corrected chi connectivity index (χ0v) is 14.7. The monoisotopic (exact) mass is 355 g/mol. The lowest BCUT2D eigenvalue weighted by Crippen LogP contribution is -2.45. The molecule has 0 saturated carbocycles. The summed E-state index contributed by atoms with van der Waals surface area (Å²) in [5, 5.41) is 5.74. The third kappa shape index (κ3) is 4.68. The van der Waals surface area contributed by atoms with Crippen molar-refractivity contribution in [3.05, 3.63) is 29.0 Å². The average molecular weight is 356 g/mol. The molecule has 2 N–H and O–H groups in total. The number of benzene rings is 1. The number of likely N-dealkylation sites (tertiary alicyclic amines) is 1. The van der Waals surface area contributed by atoms with E-state index in [-0.39, 0.29) is 28.7 Å². The minimum absolute atomic E-state index is 0.0215. The minimum Gasteiger partial charge on any atom is -0.342 e. The number of hydrogen-bond acceptors (Lipinski definition) is 3. The fourth-order valence-electron chi connectivity index (χ4n) is 2.89. The van der Waals surface area contributed by atoms with Gasteiger partial charge < -0.3 is 15.5 Å². The Balaban J connectivity index is 1.86. The minimum atomic E-state index is -0.517. The summed E-state index contributed by atoms with van der Waals surface area (Å²) < 4.78 is 13.1. The van der Waals surface area contributed by atoms with Crippen molar-refractivity contribution < 1.29 is 14.0 Å². The topological polar surface area (TPSA) is 61.4 Å². The largest absolute Gasteiger partial charge is 0.342 e. The lowest BCUT2D eigenvalue weighted by atomic mass is 9.95. The van der Waals surface area contributed by atoms with Gasteiger partial charge in [-0.05, 0) is 38.1 Å². The zero-order chi connectivity index (χ0) is 17.7. The fourth-order valence-corrected chi connectivity index (χ4v) is 3.07. The van der Waals surface area contributed by atoms with Crippen LogP contribution in [-0.2, 0) is 9.59 Å². The molecule has 1 saturated heterocycles. The van der Waals surface area contributed by atoms with Crippen LogP contribution in [0.5, 0.6) is 0 Å². The first kappa shape index (κ1) is 18.7. The van der Waals surface area contributed by atoms with Crippen molar-refractivity contribution in [2.45, 2.75) is 19.8 Å². The van der Waals surface area contributed by atoms with Gasteiger partial charge in [-0.25, -0.2) is 4.39 Å². The molecule has 1 unspecified atom stereocenters. The molecule has 0 aromatic heterocycles. The zero-order valence-electron chi connectivity index (χ0n) is 13.9. The molecule has 0 aliphatic carbocycles. The van der Waals surface area contributed by atoms with Gasteiger partial charge in [0.1, 0.15) is 5.82 Å². The molecule has 7 heteroatoms. The third-order valence-electron chi connectivity index (χ3n) is 4.30. The van der Waals surface area contributed by atoms with Gasteiger partial charge in [0.2, 0.25) is 11.8 Å². The maximum Gasteiger partial charge on any atom is 0.227 e. The Hall–Kier alpha value is -1.66. The number of anilines is 1. The molecule has 24 heavy (non-hydrogen) atoms. The van der Waals surface area contributed by atoms with Crippen LogP contribution in [0.3, 0.4) is 0 Å². The summed E-state index contributed by atoms with van der Waals surface area (Å²) in [6.07, 6.45) is 1.25. The molecule has 1 aliphatic rings. The first-order valence-corrected chi connectivity index (χ1v) is 8.49. The van der Waals surface area contributed by atoms with E-state index in [1.165, 1.54) is 18.2 Å². The van der Waals surface area contributed by atoms with Gasteiger partial charge >= 0.3 is 0 Å². The van der Waals surface area contributed by atoms with E-state index in [1.807, 2.05) is 18.9 Å². The van der Waals surface area contributed by atoms with Gasteiger partial charge in [-0.15, -0.1) is 0 Å². The predicted molar refractivity (Wildman–Crippen MR) is 92.4 cm³/mol. The van der Waals surface area contributed by atoms with E-state index in [1.54, 1.807) is 0 Å². The normalized spacial score (nSPS) is 16.8. The van der Waals surface area contributed by atoms with E-state index in [4.69, 9.17) is 11.6 Å². The Kier molecular flexibility index (Phi) is 6.57. The highest BCUT2D eigenvalue weighted by Gasteiger charge is 2.29. The SMILES string of the molecule is CNCC(C)C(=O)N1CCC(C(=O)Nc2ccc(F)c(Cl)c2)CC1. The second kappa shape index (κ2) is 8.44. The molecule has 132 valence electrons. The van der Waals surface area contributed by atoms with Crippen molar-refractivity contribution in [2.24, 2.45) is 11.8 Å². The number of carbonyl (C=O) groups excluding carboxylic acids is 2. The molecule has 2 amide bonds. The molecule has 1 heterocycles. The first-order valence-electron chi connectivity index (χ1n) is 8.11. The Morgan fingerprint density at radius 3 is 2.62 bits per heavy atom. The smallest absolute Gasteiger partial charge is 0.227 e. The number of carbonyl (C=O) groups is 2. The van der Waals surface area contributed by atoms with Crippen LogP contribution < -0.4 is 10.6 Å². The standard InChI is InChI=1S/C17H23ClFN3O2/c1-11(10-20-2)17(24)22-7-5-12(6-8-22)16(23)21-13-3-4-15(19)14(18)9-13/h3-4,9,11-12,20H,5-8,10H2,1-2H3,(H,21,23). The number of nitrogens with zero attached hydrogens (tertiary/aromatic N) is 1. The molecule has 1 aromatic rings. The Morgan fingerprint density at radius 2 is 2.04 bits per heavy atom. The Bertz CT molecular complexity index is 603. The van der Waals surface area contributed by atoms with Crippen molar-refractivity contribution in [3.63, 3.8) is 0 Å². The fraction of sp³-hybridized carbons (Fsp3) is 0.529. The summed E-state index contributed by atoms with van der Waals surface area (Å²) >= 11 is 5.72. The van der Waals surface area contributed by atoms with E-state index >= 15 is 0 Å². The Morgan fingerprint density at radius 1 is 1.38 bits per heavy atom. The van der Waals surface area contributed by atoms with Crippen molar-refractivity contribution in [1.29, 1.82) is 0 Å². The van der Waals surface area contributed by atoms with Crippen LogP contribution in [0.15, 0.2) is 18.2 Å². The lowest BCUT2D eigenvalue weighted by Gasteiger charge is -2.33. The van der Waals surface area contributed by atoms with Gasteiger partial charge in [0, 0.05) is 37.2 Å². The summed E-state index contributed by atoms with van der Waals surface area (Å²) in [5.41, 5.74) is 0.479. The van der Waals surface area contributed by atoms with Gasteiger partial charge in [0.15, 0.2) is 0 Å². The molecule has 2 rings (SSSR count). The number of rotatable bonds is 5. The molecule has 1 atom stereocenters. The van der Waals surface area contributed by atoms with Crippen molar-refractivity contribution in [2.75, 3.05) is 32.0 Å². The molecule has 1 aromatic carbocycles. The van der Waals surface area contributed by atoms with Crippen LogP contribution >= 0.6 is 11.6 Å². The van der Waals surface area contributed by atoms with Gasteiger partial charge in [-0.2, -0.15) is 0 Å². The molecule has 0 spiro atoms. The van der Waals surface area contributed by atoms with Gasteiger partial charge in [0.25, 0.3) is 0 Å². The number of amides is 2. The highest BCUT2D eigenvalue weighted by Crippen LogP contribution is 2.23. The summed E-state index contributed by atoms with van der Waals surface area (Å²) in [4.78, 5) is 26.4. The van der Waals surface area contributed by atoms with Crippen LogP contribution in [-0.4, -0.2) is 43.4 Å². The summed E-state index contributed by atoms with van der Waals surface area (Å²) in [6.45, 7) is 3.70. The first-order chi connectivity index (χ1) is 11.4. The maximum atomic E-state index is 13.1. The lowest BCUT2D eigenvalue weighted by molar-refractivity contribution is -0.137. The molecular formula is C17H23ClFN3O2. The maximum absolute atomic E-state index is 13.1. The van der Waals surface area contributed by atoms with Crippen LogP contribution in [0.25, 0.3) is 0 Å².